The number of hydrogen-bond donors (Lipinski definition) is 2. The molecule has 0 fully saturated rings. The third-order valence-electron chi connectivity index (χ3n) is 5.35. The molecular formula is C23H23N7. The van der Waals surface area contributed by atoms with Crippen molar-refractivity contribution in [2.45, 2.75) is 13.8 Å². The smallest absolute Gasteiger partial charge is 0.111 e. The van der Waals surface area contributed by atoms with Crippen molar-refractivity contribution in [1.29, 1.82) is 16.1 Å². The minimum Gasteiger partial charge on any atom is -0.339 e. The zero-order valence-electron chi connectivity index (χ0n) is 17.2. The molecule has 1 aromatic heterocycles. The molecule has 0 bridgehead atoms. The molecule has 2 aromatic carbocycles. The molecule has 0 radical (unpaired) electrons. The Balaban J connectivity index is 1.92. The lowest BCUT2D eigenvalue weighted by molar-refractivity contribution is 0.757. The Labute approximate surface area is 175 Å². The Hall–Kier alpha value is -3.92. The van der Waals surface area contributed by atoms with Crippen molar-refractivity contribution in [2.75, 3.05) is 16.3 Å². The normalized spacial score (nSPS) is 16.1. The molecule has 7 nitrogen and oxygen atoms in total. The molecule has 0 saturated heterocycles. The molecule has 1 aliphatic heterocycles. The van der Waals surface area contributed by atoms with Crippen LogP contribution in [-0.2, 0) is 7.05 Å². The highest BCUT2D eigenvalue weighted by atomic mass is 15.3. The van der Waals surface area contributed by atoms with Gasteiger partial charge in [-0.15, -0.1) is 0 Å². The van der Waals surface area contributed by atoms with Gasteiger partial charge in [0.15, 0.2) is 0 Å². The van der Waals surface area contributed by atoms with E-state index in [0.29, 0.717) is 23.8 Å². The van der Waals surface area contributed by atoms with E-state index in [1.165, 1.54) is 0 Å². The molecule has 30 heavy (non-hydrogen) atoms. The lowest BCUT2D eigenvalue weighted by Crippen LogP contribution is -2.38. The summed E-state index contributed by atoms with van der Waals surface area (Å²) in [6, 6.07) is 15.7. The van der Waals surface area contributed by atoms with Crippen molar-refractivity contribution in [2.24, 2.45) is 13.0 Å². The number of benzene rings is 2. The van der Waals surface area contributed by atoms with Crippen molar-refractivity contribution >= 4 is 28.7 Å². The van der Waals surface area contributed by atoms with Crippen LogP contribution in [0.25, 0.3) is 11.1 Å². The molecule has 0 saturated carbocycles. The van der Waals surface area contributed by atoms with Gasteiger partial charge in [-0.25, -0.2) is 0 Å². The quantitative estimate of drug-likeness (QED) is 0.491. The summed E-state index contributed by atoms with van der Waals surface area (Å²) in [5.74, 6) is 0.619. The van der Waals surface area contributed by atoms with Crippen molar-refractivity contribution < 1.29 is 0 Å². The van der Waals surface area contributed by atoms with Gasteiger partial charge in [0.1, 0.15) is 11.7 Å². The summed E-state index contributed by atoms with van der Waals surface area (Å²) in [5, 5.41) is 30.4. The summed E-state index contributed by atoms with van der Waals surface area (Å²) in [7, 11) is 1.89. The monoisotopic (exact) mass is 397 g/mol. The first-order chi connectivity index (χ1) is 14.4. The molecular weight excluding hydrogens is 374 g/mol. The standard InChI is InChI=1S/C23H23N7/c1-15-13-29(20-7-4-17(11-24)5-8-20)22-10-18(19-12-27-28(3)14-19)6-9-21(22)30(16(2)25)23(15)26/h4-10,12,14-15,25-26H,13H2,1-3H3. The van der Waals surface area contributed by atoms with Gasteiger partial charge in [0.25, 0.3) is 0 Å². The van der Waals surface area contributed by atoms with Gasteiger partial charge in [-0.1, -0.05) is 13.0 Å². The molecule has 1 unspecified atom stereocenters. The number of aryl methyl sites for hydroxylation is 1. The number of nitrogens with zero attached hydrogens (tertiary/aromatic N) is 5. The van der Waals surface area contributed by atoms with Gasteiger partial charge in [0.2, 0.25) is 0 Å². The third kappa shape index (κ3) is 3.33. The number of fused-ring (bicyclic) bond motifs is 1. The van der Waals surface area contributed by atoms with Crippen LogP contribution in [0.5, 0.6) is 0 Å². The number of rotatable bonds is 2. The Morgan fingerprint density at radius 2 is 1.87 bits per heavy atom. The highest BCUT2D eigenvalue weighted by molar-refractivity contribution is 6.19. The maximum absolute atomic E-state index is 9.15. The number of amidine groups is 2. The number of nitrogens with one attached hydrogen (secondary N) is 2. The largest absolute Gasteiger partial charge is 0.339 e. The first kappa shape index (κ1) is 19.4. The van der Waals surface area contributed by atoms with Crippen LogP contribution in [0, 0.1) is 28.1 Å². The van der Waals surface area contributed by atoms with Gasteiger partial charge in [-0.2, -0.15) is 10.4 Å². The Bertz CT molecular complexity index is 1170. The number of aromatic nitrogens is 2. The number of nitriles is 1. The van der Waals surface area contributed by atoms with E-state index < -0.39 is 0 Å². The summed E-state index contributed by atoms with van der Waals surface area (Å²) in [5.41, 5.74) is 5.30. The van der Waals surface area contributed by atoms with E-state index in [0.717, 1.165) is 28.2 Å². The fourth-order valence-electron chi connectivity index (χ4n) is 3.81. The topological polar surface area (TPSA) is 95.8 Å². The van der Waals surface area contributed by atoms with Gasteiger partial charge in [-0.05, 0) is 48.9 Å². The zero-order valence-corrected chi connectivity index (χ0v) is 17.2. The van der Waals surface area contributed by atoms with Gasteiger partial charge in [-0.3, -0.25) is 20.4 Å². The predicted octanol–water partition coefficient (Wildman–Crippen LogP) is 4.53. The lowest BCUT2D eigenvalue weighted by Gasteiger charge is -2.27. The second kappa shape index (κ2) is 7.48. The van der Waals surface area contributed by atoms with Crippen LogP contribution in [-0.4, -0.2) is 28.0 Å². The van der Waals surface area contributed by atoms with Gasteiger partial charge in [0, 0.05) is 37.0 Å². The van der Waals surface area contributed by atoms with Gasteiger partial charge < -0.3 is 4.90 Å². The molecule has 1 atom stereocenters. The Morgan fingerprint density at radius 3 is 2.47 bits per heavy atom. The van der Waals surface area contributed by atoms with Crippen molar-refractivity contribution in [3.05, 3.63) is 60.4 Å². The zero-order chi connectivity index (χ0) is 21.4. The maximum Gasteiger partial charge on any atom is 0.111 e. The fourth-order valence-corrected chi connectivity index (χ4v) is 3.81. The summed E-state index contributed by atoms with van der Waals surface area (Å²) >= 11 is 0. The molecule has 0 amide bonds. The SMILES string of the molecule is CC(=N)N1C(=N)C(C)CN(c2ccc(C#N)cc2)c2cc(-c3cnn(C)c3)ccc21. The van der Waals surface area contributed by atoms with Gasteiger partial charge in [0.05, 0.1) is 29.2 Å². The first-order valence-electron chi connectivity index (χ1n) is 9.73. The van der Waals surface area contributed by atoms with Crippen LogP contribution in [0.4, 0.5) is 17.1 Å². The summed E-state index contributed by atoms with van der Waals surface area (Å²) in [6.07, 6.45) is 3.80. The van der Waals surface area contributed by atoms with E-state index >= 15 is 0 Å². The Morgan fingerprint density at radius 1 is 1.13 bits per heavy atom. The summed E-state index contributed by atoms with van der Waals surface area (Å²) in [6.45, 7) is 4.30. The van der Waals surface area contributed by atoms with Crippen LogP contribution in [0.1, 0.15) is 19.4 Å². The Kier molecular flexibility index (Phi) is 4.84. The fraction of sp³-hybridized carbons (Fsp3) is 0.217. The van der Waals surface area contributed by atoms with E-state index in [-0.39, 0.29) is 5.92 Å². The van der Waals surface area contributed by atoms with Crippen LogP contribution in [0.15, 0.2) is 54.9 Å². The molecule has 1 aliphatic rings. The molecule has 3 aromatic rings. The average molecular weight is 397 g/mol. The number of hydrogen-bond acceptors (Lipinski definition) is 5. The van der Waals surface area contributed by atoms with E-state index in [2.05, 4.69) is 22.1 Å². The van der Waals surface area contributed by atoms with E-state index in [9.17, 15) is 0 Å². The minimum atomic E-state index is -0.0878. The second-order valence-electron chi connectivity index (χ2n) is 7.58. The number of anilines is 3. The molecule has 2 N–H and O–H groups in total. The van der Waals surface area contributed by atoms with E-state index in [1.54, 1.807) is 28.6 Å². The van der Waals surface area contributed by atoms with Crippen LogP contribution >= 0.6 is 0 Å². The van der Waals surface area contributed by atoms with Crippen LogP contribution < -0.4 is 9.80 Å². The molecule has 0 aliphatic carbocycles. The maximum atomic E-state index is 9.15. The highest BCUT2D eigenvalue weighted by Gasteiger charge is 2.31. The second-order valence-corrected chi connectivity index (χ2v) is 7.58. The van der Waals surface area contributed by atoms with Crippen molar-refractivity contribution in [3.63, 3.8) is 0 Å². The molecule has 7 heteroatoms. The summed E-state index contributed by atoms with van der Waals surface area (Å²) in [4.78, 5) is 3.87. The molecule has 150 valence electrons. The molecule has 0 spiro atoms. The highest BCUT2D eigenvalue weighted by Crippen LogP contribution is 2.41. The first-order valence-corrected chi connectivity index (χ1v) is 9.73. The molecule has 2 heterocycles. The van der Waals surface area contributed by atoms with Gasteiger partial charge >= 0.3 is 0 Å². The minimum absolute atomic E-state index is 0.0878. The average Bonchev–Trinajstić information content (AvgIpc) is 3.14. The van der Waals surface area contributed by atoms with Crippen LogP contribution in [0.3, 0.4) is 0 Å². The predicted molar refractivity (Wildman–Crippen MR) is 120 cm³/mol. The lowest BCUT2D eigenvalue weighted by atomic mass is 10.1. The van der Waals surface area contributed by atoms with E-state index in [4.69, 9.17) is 16.1 Å². The summed E-state index contributed by atoms with van der Waals surface area (Å²) < 4.78 is 1.77. The third-order valence-corrected chi connectivity index (χ3v) is 5.35. The molecule has 4 rings (SSSR count). The van der Waals surface area contributed by atoms with Crippen LogP contribution in [0.2, 0.25) is 0 Å². The van der Waals surface area contributed by atoms with Crippen molar-refractivity contribution in [1.82, 2.24) is 9.78 Å². The van der Waals surface area contributed by atoms with Crippen molar-refractivity contribution in [3.8, 4) is 17.2 Å². The van der Waals surface area contributed by atoms with E-state index in [1.807, 2.05) is 50.6 Å².